The maximum Gasteiger partial charge on any atom is 0.326 e. The maximum absolute atomic E-state index is 14.0. The van der Waals surface area contributed by atoms with Crippen LogP contribution in [0.25, 0.3) is 0 Å². The number of methoxy groups -OCH3 is 2. The van der Waals surface area contributed by atoms with E-state index in [1.54, 1.807) is 30.8 Å². The van der Waals surface area contributed by atoms with Crippen molar-refractivity contribution in [2.45, 2.75) is 117 Å². The number of carboxylic acids is 1. The van der Waals surface area contributed by atoms with Gasteiger partial charge in [0.2, 0.25) is 23.6 Å². The van der Waals surface area contributed by atoms with Crippen molar-refractivity contribution in [2.75, 3.05) is 34.9 Å². The van der Waals surface area contributed by atoms with Crippen molar-refractivity contribution in [3.8, 4) is 0 Å². The van der Waals surface area contributed by atoms with Crippen molar-refractivity contribution in [1.82, 2.24) is 25.8 Å². The lowest BCUT2D eigenvalue weighted by atomic mass is 9.91. The molecule has 4 amide bonds. The van der Waals surface area contributed by atoms with Crippen LogP contribution in [0.5, 0.6) is 0 Å². The highest BCUT2D eigenvalue weighted by atomic mass is 16.5. The van der Waals surface area contributed by atoms with E-state index in [2.05, 4.69) is 16.0 Å². The second-order valence-corrected chi connectivity index (χ2v) is 14.8. The van der Waals surface area contributed by atoms with Crippen LogP contribution in [0.2, 0.25) is 0 Å². The number of carboxylic acid groups (broad SMARTS) is 1. The molecule has 1 fully saturated rings. The monoisotopic (exact) mass is 717 g/mol. The summed E-state index contributed by atoms with van der Waals surface area (Å²) in [6.45, 7) is 13.7. The number of carbonyl (C=O) groups excluding carboxylic acids is 4. The van der Waals surface area contributed by atoms with Crippen molar-refractivity contribution >= 4 is 29.6 Å². The van der Waals surface area contributed by atoms with Crippen LogP contribution in [0, 0.1) is 23.7 Å². The van der Waals surface area contributed by atoms with Gasteiger partial charge in [-0.25, -0.2) is 4.79 Å². The van der Waals surface area contributed by atoms with Crippen molar-refractivity contribution in [1.29, 1.82) is 0 Å². The first-order valence-electron chi connectivity index (χ1n) is 18.2. The predicted molar refractivity (Wildman–Crippen MR) is 196 cm³/mol. The van der Waals surface area contributed by atoms with Gasteiger partial charge in [0.05, 0.1) is 42.7 Å². The summed E-state index contributed by atoms with van der Waals surface area (Å²) in [4.78, 5) is 69.9. The minimum atomic E-state index is -1.14. The van der Waals surface area contributed by atoms with Gasteiger partial charge in [-0.3, -0.25) is 19.2 Å². The lowest BCUT2D eigenvalue weighted by Crippen LogP contribution is -2.59. The summed E-state index contributed by atoms with van der Waals surface area (Å²) in [7, 11) is 6.42. The van der Waals surface area contributed by atoms with Crippen molar-refractivity contribution in [3.05, 3.63) is 35.9 Å². The Labute approximate surface area is 304 Å². The molecule has 0 aliphatic carbocycles. The van der Waals surface area contributed by atoms with E-state index in [0.717, 1.165) is 5.56 Å². The molecule has 1 aromatic carbocycles. The molecule has 0 aromatic heterocycles. The van der Waals surface area contributed by atoms with E-state index in [0.29, 0.717) is 19.4 Å². The van der Waals surface area contributed by atoms with Crippen LogP contribution in [0.4, 0.5) is 0 Å². The topological polar surface area (TPSA) is 167 Å². The van der Waals surface area contributed by atoms with Gasteiger partial charge >= 0.3 is 5.97 Å². The number of rotatable bonds is 20. The van der Waals surface area contributed by atoms with Crippen LogP contribution < -0.4 is 16.0 Å². The summed E-state index contributed by atoms with van der Waals surface area (Å²) in [6.07, 6.45) is 0.0867. The Balaban J connectivity index is 2.22. The molecule has 1 heterocycles. The number of carbonyl (C=O) groups is 5. The number of aliphatic carboxylic acids is 1. The van der Waals surface area contributed by atoms with Crippen molar-refractivity contribution < 1.29 is 38.6 Å². The van der Waals surface area contributed by atoms with E-state index in [9.17, 15) is 29.1 Å². The first-order chi connectivity index (χ1) is 24.0. The highest BCUT2D eigenvalue weighted by Gasteiger charge is 2.43. The van der Waals surface area contributed by atoms with Crippen LogP contribution in [0.1, 0.15) is 73.3 Å². The minimum absolute atomic E-state index is 0.0173. The number of likely N-dealkylation sites (N-methyl/N-ethyl adjacent to an activating group) is 2. The zero-order valence-corrected chi connectivity index (χ0v) is 32.5. The predicted octanol–water partition coefficient (Wildman–Crippen LogP) is 2.71. The zero-order chi connectivity index (χ0) is 38.6. The van der Waals surface area contributed by atoms with Crippen LogP contribution in [-0.4, -0.2) is 122 Å². The largest absolute Gasteiger partial charge is 0.480 e. The first kappa shape index (κ1) is 43.6. The minimum Gasteiger partial charge on any atom is -0.480 e. The quantitative estimate of drug-likeness (QED) is 0.159. The Morgan fingerprint density at radius 1 is 0.882 bits per heavy atom. The molecule has 0 spiro atoms. The molecule has 4 N–H and O–H groups in total. The zero-order valence-electron chi connectivity index (χ0n) is 32.5. The summed E-state index contributed by atoms with van der Waals surface area (Å²) in [5.74, 6) is -3.34. The SMILES string of the molecule is CN[C@H](C(=O)N[C@H](C(=O)N(C)[C@@H](C(C)C)[C@@H](CC(=O)N1CCC[C@@H]1[C@H](OC)[C@@H](C)C(=O)N[C@@H](Cc1ccccc1)C(=O)O)OC)C(C)C)C(C)C. The fourth-order valence-corrected chi connectivity index (χ4v) is 7.29. The molecule has 51 heavy (non-hydrogen) atoms. The summed E-state index contributed by atoms with van der Waals surface area (Å²) < 4.78 is 11.8. The summed E-state index contributed by atoms with van der Waals surface area (Å²) >= 11 is 0. The third-order valence-corrected chi connectivity index (χ3v) is 10.1. The van der Waals surface area contributed by atoms with Gasteiger partial charge in [0, 0.05) is 34.2 Å². The third-order valence-electron chi connectivity index (χ3n) is 10.1. The molecule has 1 aromatic rings. The number of benzene rings is 1. The number of nitrogens with zero attached hydrogens (tertiary/aromatic N) is 2. The molecule has 13 heteroatoms. The molecule has 1 aliphatic heterocycles. The van der Waals surface area contributed by atoms with E-state index < -0.39 is 60.2 Å². The summed E-state index contributed by atoms with van der Waals surface area (Å²) in [5, 5.41) is 18.5. The maximum atomic E-state index is 14.0. The van der Waals surface area contributed by atoms with Gasteiger partial charge in [-0.2, -0.15) is 0 Å². The number of ether oxygens (including phenoxy) is 2. The number of nitrogens with one attached hydrogen (secondary N) is 3. The molecule has 0 unspecified atom stereocenters. The van der Waals surface area contributed by atoms with Gasteiger partial charge in [-0.15, -0.1) is 0 Å². The van der Waals surface area contributed by atoms with E-state index in [1.807, 2.05) is 71.9 Å². The van der Waals surface area contributed by atoms with Crippen molar-refractivity contribution in [3.63, 3.8) is 0 Å². The average Bonchev–Trinajstić information content (AvgIpc) is 3.56. The summed E-state index contributed by atoms with van der Waals surface area (Å²) in [6, 6.07) is 5.81. The Bertz CT molecular complexity index is 1290. The van der Waals surface area contributed by atoms with Crippen LogP contribution >= 0.6 is 0 Å². The number of hydrogen-bond acceptors (Lipinski definition) is 8. The highest BCUT2D eigenvalue weighted by Crippen LogP contribution is 2.29. The molecule has 0 saturated carbocycles. The molecule has 8 atom stereocenters. The molecule has 1 saturated heterocycles. The fourth-order valence-electron chi connectivity index (χ4n) is 7.29. The Morgan fingerprint density at radius 3 is 1.98 bits per heavy atom. The number of hydrogen-bond donors (Lipinski definition) is 4. The number of amides is 4. The first-order valence-corrected chi connectivity index (χ1v) is 18.2. The van der Waals surface area contributed by atoms with Gasteiger partial charge < -0.3 is 40.3 Å². The molecule has 1 aliphatic rings. The molecular formula is C38H63N5O8. The Morgan fingerprint density at radius 2 is 1.49 bits per heavy atom. The van der Waals surface area contributed by atoms with Crippen LogP contribution in [0.3, 0.4) is 0 Å². The van der Waals surface area contributed by atoms with Gasteiger partial charge in [-0.1, -0.05) is 78.8 Å². The standard InChI is InChI=1S/C38H63N5O8/c1-22(2)31(39-8)36(46)41-32(23(3)4)37(47)42(9)33(24(5)6)29(50-10)21-30(44)43-19-15-18-28(43)34(51-11)25(7)35(45)40-27(38(48)49)20-26-16-13-12-14-17-26/h12-14,16-17,22-25,27-29,31-34,39H,15,18-21H2,1-11H3,(H,40,45)(H,41,46)(H,48,49)/t25-,27+,28-,29-,31+,32+,33+,34-/m1/s1. The van der Waals surface area contributed by atoms with E-state index in [1.165, 1.54) is 14.2 Å². The third kappa shape index (κ3) is 11.7. The Hall–Kier alpha value is -3.55. The fraction of sp³-hybridized carbons (Fsp3) is 0.711. The molecule has 288 valence electrons. The van der Waals surface area contributed by atoms with Gasteiger partial charge in [0.1, 0.15) is 12.1 Å². The molecule has 13 nitrogen and oxygen atoms in total. The highest BCUT2D eigenvalue weighted by molar-refractivity contribution is 5.90. The molecular weight excluding hydrogens is 654 g/mol. The molecule has 0 bridgehead atoms. The smallest absolute Gasteiger partial charge is 0.326 e. The van der Waals surface area contributed by atoms with Gasteiger partial charge in [-0.05, 0) is 43.2 Å². The van der Waals surface area contributed by atoms with Crippen LogP contribution in [0.15, 0.2) is 30.3 Å². The normalized spacial score (nSPS) is 18.9. The van der Waals surface area contributed by atoms with E-state index >= 15 is 0 Å². The second-order valence-electron chi connectivity index (χ2n) is 14.8. The molecule has 2 rings (SSSR count). The summed E-state index contributed by atoms with van der Waals surface area (Å²) in [5.41, 5.74) is 0.784. The van der Waals surface area contributed by atoms with Gasteiger partial charge in [0.15, 0.2) is 0 Å². The molecule has 0 radical (unpaired) electrons. The van der Waals surface area contributed by atoms with Crippen molar-refractivity contribution in [2.24, 2.45) is 23.7 Å². The second kappa shape index (κ2) is 20.5. The van der Waals surface area contributed by atoms with E-state index in [-0.39, 0.29) is 48.3 Å². The lowest BCUT2D eigenvalue weighted by Gasteiger charge is -2.40. The lowest BCUT2D eigenvalue weighted by molar-refractivity contribution is -0.148. The van der Waals surface area contributed by atoms with E-state index in [4.69, 9.17) is 9.47 Å². The van der Waals surface area contributed by atoms with Gasteiger partial charge in [0.25, 0.3) is 0 Å². The number of likely N-dealkylation sites (tertiary alicyclic amines) is 1. The Kier molecular flexibility index (Phi) is 17.5. The van der Waals surface area contributed by atoms with Crippen LogP contribution in [-0.2, 0) is 39.9 Å². The average molecular weight is 718 g/mol.